The van der Waals surface area contributed by atoms with Gasteiger partial charge in [0.2, 0.25) is 5.91 Å². The van der Waals surface area contributed by atoms with Gasteiger partial charge < -0.3 is 36.3 Å². The van der Waals surface area contributed by atoms with Gasteiger partial charge in [-0.15, -0.1) is 4.68 Å². The van der Waals surface area contributed by atoms with Crippen LogP contribution in [0.5, 0.6) is 11.5 Å². The Balaban J connectivity index is 1.50. The van der Waals surface area contributed by atoms with Crippen molar-refractivity contribution in [1.82, 2.24) is 25.0 Å². The maximum Gasteiger partial charge on any atom is 0.292 e. The number of fused-ring (bicyclic) bond motifs is 2. The van der Waals surface area contributed by atoms with E-state index in [1.54, 1.807) is 20.3 Å². The smallest absolute Gasteiger partial charge is 0.292 e. The van der Waals surface area contributed by atoms with Crippen LogP contribution in [0.15, 0.2) is 36.5 Å². The zero-order valence-corrected chi connectivity index (χ0v) is 22.8. The van der Waals surface area contributed by atoms with Crippen LogP contribution in [0, 0.1) is 15.3 Å². The van der Waals surface area contributed by atoms with E-state index < -0.39 is 10.7 Å². The normalized spacial score (nSPS) is 11.2. The number of nitrogens with zero attached hydrogens (tertiary/aromatic N) is 6. The van der Waals surface area contributed by atoms with E-state index in [4.69, 9.17) is 0 Å². The molecule has 218 valence electrons. The van der Waals surface area contributed by atoms with Gasteiger partial charge in [0.1, 0.15) is 11.5 Å². The van der Waals surface area contributed by atoms with Crippen molar-refractivity contribution < 1.29 is 24.9 Å². The second-order valence-electron chi connectivity index (χ2n) is 9.59. The van der Waals surface area contributed by atoms with Gasteiger partial charge in [-0.3, -0.25) is 14.9 Å². The highest BCUT2D eigenvalue weighted by Gasteiger charge is 2.24. The minimum atomic E-state index is -0.693. The fourth-order valence-electron chi connectivity index (χ4n) is 4.41. The van der Waals surface area contributed by atoms with Gasteiger partial charge in [-0.1, -0.05) is 11.8 Å². The van der Waals surface area contributed by atoms with Crippen molar-refractivity contribution in [2.24, 2.45) is 0 Å². The molecule has 4 N–H and O–H groups in total. The highest BCUT2D eigenvalue weighted by Crippen LogP contribution is 2.43. The molecule has 0 saturated carbocycles. The van der Waals surface area contributed by atoms with Crippen LogP contribution in [0.2, 0.25) is 0 Å². The summed E-state index contributed by atoms with van der Waals surface area (Å²) in [6.45, 7) is 2.27. The topological polar surface area (TPSA) is 200 Å². The first-order chi connectivity index (χ1) is 19.7. The summed E-state index contributed by atoms with van der Waals surface area (Å²) in [5, 5.41) is 61.8. The van der Waals surface area contributed by atoms with Crippen molar-refractivity contribution in [2.75, 3.05) is 50.9 Å². The number of amides is 1. The van der Waals surface area contributed by atoms with Gasteiger partial charge >= 0.3 is 0 Å². The van der Waals surface area contributed by atoms with Gasteiger partial charge in [-0.05, 0) is 43.0 Å². The lowest BCUT2D eigenvalue weighted by Gasteiger charge is -2.15. The zero-order chi connectivity index (χ0) is 29.5. The van der Waals surface area contributed by atoms with Crippen molar-refractivity contribution in [1.29, 1.82) is 0 Å². The number of anilines is 2. The number of pyridine rings is 1. The first-order valence-corrected chi connectivity index (χ1v) is 13.1. The second kappa shape index (κ2) is 13.0. The SMILES string of the molecule is CN(C)C(=O)CCCNc1cc2c(O)c3c(n[n+]([O-])n3CCCNCCNc3ccccn3)c([O-])c2cc1[N+](=O)[O-]. The lowest BCUT2D eigenvalue weighted by Crippen LogP contribution is -2.40. The van der Waals surface area contributed by atoms with Crippen molar-refractivity contribution >= 4 is 44.9 Å². The number of carbonyl (C=O) groups is 1. The number of hydrogen-bond acceptors (Lipinski definition) is 11. The molecule has 41 heavy (non-hydrogen) atoms. The third kappa shape index (κ3) is 6.63. The summed E-state index contributed by atoms with van der Waals surface area (Å²) in [5.74, 6) is -0.372. The molecule has 0 aliphatic heterocycles. The Morgan fingerprint density at radius 1 is 1.12 bits per heavy atom. The lowest BCUT2D eigenvalue weighted by atomic mass is 10.0. The van der Waals surface area contributed by atoms with E-state index in [1.807, 2.05) is 18.2 Å². The number of hydrogen-bond donors (Lipinski definition) is 4. The van der Waals surface area contributed by atoms with Crippen LogP contribution in [0.3, 0.4) is 0 Å². The van der Waals surface area contributed by atoms with Gasteiger partial charge in [0.25, 0.3) is 5.69 Å². The summed E-state index contributed by atoms with van der Waals surface area (Å²) in [4.78, 5) is 28.8. The second-order valence-corrected chi connectivity index (χ2v) is 9.59. The third-order valence-electron chi connectivity index (χ3n) is 6.52. The van der Waals surface area contributed by atoms with Crippen LogP contribution in [-0.2, 0) is 11.3 Å². The van der Waals surface area contributed by atoms with E-state index >= 15 is 0 Å². The van der Waals surface area contributed by atoms with E-state index in [1.165, 1.54) is 15.6 Å². The number of aryl methyl sites for hydroxylation is 1. The van der Waals surface area contributed by atoms with Crippen LogP contribution >= 0.6 is 0 Å². The summed E-state index contributed by atoms with van der Waals surface area (Å²) in [6.07, 6.45) is 2.86. The molecular formula is C26H32N9O6-. The Hall–Kier alpha value is -4.92. The predicted molar refractivity (Wildman–Crippen MR) is 151 cm³/mol. The first kappa shape index (κ1) is 29.1. The predicted octanol–water partition coefficient (Wildman–Crippen LogP) is 1.28. The molecule has 1 amide bonds. The molecule has 0 radical (unpaired) electrons. The number of rotatable bonds is 14. The van der Waals surface area contributed by atoms with Gasteiger partial charge in [-0.25, -0.2) is 4.98 Å². The average Bonchev–Trinajstić information content (AvgIpc) is 3.29. The summed E-state index contributed by atoms with van der Waals surface area (Å²) >= 11 is 0. The minimum Gasteiger partial charge on any atom is -0.870 e. The van der Waals surface area contributed by atoms with Crippen LogP contribution < -0.4 is 26.0 Å². The largest absolute Gasteiger partial charge is 0.870 e. The Morgan fingerprint density at radius 2 is 1.93 bits per heavy atom. The maximum absolute atomic E-state index is 13.2. The molecule has 0 bridgehead atoms. The Morgan fingerprint density at radius 3 is 2.63 bits per heavy atom. The molecule has 15 heteroatoms. The lowest BCUT2D eigenvalue weighted by molar-refractivity contribution is -0.746. The fourth-order valence-corrected chi connectivity index (χ4v) is 4.41. The molecule has 0 fully saturated rings. The van der Waals surface area contributed by atoms with E-state index in [0.29, 0.717) is 32.5 Å². The molecule has 4 aromatic rings. The van der Waals surface area contributed by atoms with Gasteiger partial charge in [0.15, 0.2) is 16.8 Å². The molecule has 2 heterocycles. The quantitative estimate of drug-likeness (QED) is 0.0563. The number of aromatic hydroxyl groups is 1. The van der Waals surface area contributed by atoms with Crippen molar-refractivity contribution in [3.05, 3.63) is 51.9 Å². The summed E-state index contributed by atoms with van der Waals surface area (Å²) in [7, 11) is 3.28. The number of benzene rings is 2. The fraction of sp³-hybridized carbons (Fsp3) is 0.385. The van der Waals surface area contributed by atoms with Gasteiger partial charge in [0.05, 0.1) is 11.5 Å². The minimum absolute atomic E-state index is 0.0364. The van der Waals surface area contributed by atoms with Gasteiger partial charge in [-0.2, -0.15) is 0 Å². The molecule has 0 saturated heterocycles. The molecule has 2 aromatic heterocycles. The number of nitro benzene ring substituents is 1. The van der Waals surface area contributed by atoms with Crippen molar-refractivity contribution in [3.63, 3.8) is 0 Å². The van der Waals surface area contributed by atoms with E-state index in [2.05, 4.69) is 26.0 Å². The average molecular weight is 567 g/mol. The van der Waals surface area contributed by atoms with Crippen molar-refractivity contribution in [3.8, 4) is 11.5 Å². The molecule has 2 aromatic carbocycles. The number of nitro groups is 1. The van der Waals surface area contributed by atoms with Crippen LogP contribution in [0.4, 0.5) is 17.2 Å². The summed E-state index contributed by atoms with van der Waals surface area (Å²) in [5.41, 5.74) is -0.593. The van der Waals surface area contributed by atoms with E-state index in [-0.39, 0.29) is 69.3 Å². The highest BCUT2D eigenvalue weighted by molar-refractivity contribution is 6.09. The third-order valence-corrected chi connectivity index (χ3v) is 6.52. The molecule has 15 nitrogen and oxygen atoms in total. The molecule has 0 aliphatic carbocycles. The molecule has 0 atom stereocenters. The molecular weight excluding hydrogens is 534 g/mol. The number of phenolic OH excluding ortho intramolecular Hbond substituents is 1. The molecule has 0 spiro atoms. The Labute approximate surface area is 235 Å². The van der Waals surface area contributed by atoms with Crippen LogP contribution in [0.1, 0.15) is 19.3 Å². The van der Waals surface area contributed by atoms with E-state index in [0.717, 1.165) is 11.9 Å². The number of phenols is 1. The Kier molecular flexibility index (Phi) is 9.19. The first-order valence-electron chi connectivity index (χ1n) is 13.1. The van der Waals surface area contributed by atoms with E-state index in [9.17, 15) is 30.3 Å². The molecule has 0 unspecified atom stereocenters. The molecule has 0 aliphatic rings. The maximum atomic E-state index is 13.2. The monoisotopic (exact) mass is 566 g/mol. The van der Waals surface area contributed by atoms with Gasteiger partial charge in [0, 0.05) is 67.9 Å². The van der Waals surface area contributed by atoms with Crippen LogP contribution in [-0.4, -0.2) is 75.9 Å². The molecule has 4 rings (SSSR count). The highest BCUT2D eigenvalue weighted by atomic mass is 16.6. The van der Waals surface area contributed by atoms with Crippen molar-refractivity contribution in [2.45, 2.75) is 25.8 Å². The number of nitrogens with one attached hydrogen (secondary N) is 3. The number of aromatic nitrogens is 4. The standard InChI is InChI=1S/C26H33N9O6/c1-32(2)22(36)8-5-11-28-19-15-17-18(16-20(19)34(39)40)25(37)23-24(26(17)38)33(35(41)31-23)14-6-9-27-12-13-30-21-7-3-4-10-29-21/h3-4,7,10,15-16,27-28,37-38H,5-6,8-9,11-14H2,1-2H3,(H,29,30)/p-1. The number of carbonyl (C=O) groups excluding carboxylic acids is 1. The Bertz CT molecular complexity index is 1540. The summed E-state index contributed by atoms with van der Waals surface area (Å²) in [6, 6.07) is 7.97. The summed E-state index contributed by atoms with van der Waals surface area (Å²) < 4.78 is 1.17. The zero-order valence-electron chi connectivity index (χ0n) is 22.8. The van der Waals surface area contributed by atoms with Crippen LogP contribution in [0.25, 0.3) is 21.8 Å².